The molecule has 0 atom stereocenters. The Balaban J connectivity index is 3.06. The summed E-state index contributed by atoms with van der Waals surface area (Å²) in [6.07, 6.45) is 0.624. The van der Waals surface area contributed by atoms with E-state index in [1.165, 1.54) is 6.07 Å². The number of rotatable bonds is 2. The molecule has 11 heavy (non-hydrogen) atoms. The van der Waals surface area contributed by atoms with Crippen molar-refractivity contribution in [2.24, 2.45) is 0 Å². The van der Waals surface area contributed by atoms with Crippen LogP contribution in [0.4, 0.5) is 5.88 Å². The number of hydrogen-bond acceptors (Lipinski definition) is 3. The Bertz CT molecular complexity index is 267. The maximum atomic E-state index is 10.2. The molecule has 1 rings (SSSR count). The lowest BCUT2D eigenvalue weighted by atomic mass is 10.5. The van der Waals surface area contributed by atoms with E-state index in [0.29, 0.717) is 17.2 Å². The highest BCUT2D eigenvalue weighted by Crippen LogP contribution is 2.27. The number of furan rings is 1. The normalized spacial score (nSPS) is 9.73. The molecule has 0 saturated heterocycles. The predicted octanol–water partition coefficient (Wildman–Crippen LogP) is 1.81. The molecular weight excluding hydrogens is 166 g/mol. The monoisotopic (exact) mass is 173 g/mol. The van der Waals surface area contributed by atoms with Gasteiger partial charge in [-0.1, -0.05) is 11.6 Å². The Labute approximate surface area is 69.5 Å². The first kappa shape index (κ1) is 8.14. The molecule has 60 valence electrons. The van der Waals surface area contributed by atoms with Crippen LogP contribution in [0.3, 0.4) is 0 Å². The van der Waals surface area contributed by atoms with Crippen LogP contribution in [0.1, 0.15) is 10.6 Å². The number of halogens is 1. The fourth-order valence-electron chi connectivity index (χ4n) is 0.739. The number of anilines is 1. The van der Waals surface area contributed by atoms with E-state index in [4.69, 9.17) is 16.0 Å². The lowest BCUT2D eigenvalue weighted by molar-refractivity contribution is 0.110. The molecular formula is C7H8ClNO2. The van der Waals surface area contributed by atoms with Crippen molar-refractivity contribution in [3.63, 3.8) is 0 Å². The van der Waals surface area contributed by atoms with Gasteiger partial charge in [-0.3, -0.25) is 4.79 Å². The van der Waals surface area contributed by atoms with E-state index in [-0.39, 0.29) is 5.76 Å². The SMILES string of the molecule is CN(C)c1oc(C=O)cc1Cl. The maximum Gasteiger partial charge on any atom is 0.214 e. The molecule has 0 aromatic carbocycles. The topological polar surface area (TPSA) is 33.5 Å². The van der Waals surface area contributed by atoms with Crippen LogP contribution < -0.4 is 4.90 Å². The summed E-state index contributed by atoms with van der Waals surface area (Å²) in [5.41, 5.74) is 0. The predicted molar refractivity (Wildman–Crippen MR) is 43.4 cm³/mol. The fraction of sp³-hybridized carbons (Fsp3) is 0.286. The molecule has 0 aliphatic heterocycles. The van der Waals surface area contributed by atoms with Gasteiger partial charge in [0.2, 0.25) is 5.88 Å². The van der Waals surface area contributed by atoms with Crippen molar-refractivity contribution < 1.29 is 9.21 Å². The Hall–Kier alpha value is -0.960. The smallest absolute Gasteiger partial charge is 0.214 e. The van der Waals surface area contributed by atoms with Gasteiger partial charge in [0.15, 0.2) is 12.0 Å². The summed E-state index contributed by atoms with van der Waals surface area (Å²) in [6, 6.07) is 1.49. The van der Waals surface area contributed by atoms with Gasteiger partial charge in [-0.25, -0.2) is 0 Å². The van der Waals surface area contributed by atoms with Gasteiger partial charge in [0.25, 0.3) is 0 Å². The number of carbonyl (C=O) groups excluding carboxylic acids is 1. The van der Waals surface area contributed by atoms with Crippen LogP contribution in [0, 0.1) is 0 Å². The second kappa shape index (κ2) is 2.96. The van der Waals surface area contributed by atoms with E-state index in [0.717, 1.165) is 0 Å². The molecule has 1 aromatic heterocycles. The number of nitrogens with zero attached hydrogens (tertiary/aromatic N) is 1. The van der Waals surface area contributed by atoms with Crippen LogP contribution in [-0.2, 0) is 0 Å². The third kappa shape index (κ3) is 1.54. The summed E-state index contributed by atoms with van der Waals surface area (Å²) in [6.45, 7) is 0. The van der Waals surface area contributed by atoms with Gasteiger partial charge in [0.1, 0.15) is 5.02 Å². The number of aldehydes is 1. The molecule has 0 saturated carbocycles. The zero-order chi connectivity index (χ0) is 8.43. The van der Waals surface area contributed by atoms with Crippen LogP contribution in [0.15, 0.2) is 10.5 Å². The minimum absolute atomic E-state index is 0.249. The highest BCUT2D eigenvalue weighted by atomic mass is 35.5. The zero-order valence-electron chi connectivity index (χ0n) is 6.30. The third-order valence-corrected chi connectivity index (χ3v) is 1.48. The van der Waals surface area contributed by atoms with Gasteiger partial charge in [-0.2, -0.15) is 0 Å². The summed E-state index contributed by atoms with van der Waals surface area (Å²) in [7, 11) is 3.58. The molecule has 0 spiro atoms. The van der Waals surface area contributed by atoms with Crippen LogP contribution in [0.2, 0.25) is 5.02 Å². The van der Waals surface area contributed by atoms with E-state index in [2.05, 4.69) is 0 Å². The first-order valence-corrected chi connectivity index (χ1v) is 3.44. The zero-order valence-corrected chi connectivity index (χ0v) is 7.05. The Morgan fingerprint density at radius 2 is 2.27 bits per heavy atom. The number of carbonyl (C=O) groups is 1. The second-order valence-corrected chi connectivity index (χ2v) is 2.72. The highest BCUT2D eigenvalue weighted by Gasteiger charge is 2.09. The largest absolute Gasteiger partial charge is 0.436 e. The summed E-state index contributed by atoms with van der Waals surface area (Å²) in [5, 5.41) is 0.456. The summed E-state index contributed by atoms with van der Waals surface area (Å²) < 4.78 is 5.05. The van der Waals surface area contributed by atoms with Crippen LogP contribution in [0.5, 0.6) is 0 Å². The highest BCUT2D eigenvalue weighted by molar-refractivity contribution is 6.33. The van der Waals surface area contributed by atoms with Crippen molar-refractivity contribution in [2.45, 2.75) is 0 Å². The molecule has 0 amide bonds. The second-order valence-electron chi connectivity index (χ2n) is 2.31. The van der Waals surface area contributed by atoms with Gasteiger partial charge < -0.3 is 9.32 Å². The standard InChI is InChI=1S/C7H8ClNO2/c1-9(2)7-6(8)3-5(4-10)11-7/h3-4H,1-2H3. The van der Waals surface area contributed by atoms with Gasteiger partial charge >= 0.3 is 0 Å². The average molecular weight is 174 g/mol. The van der Waals surface area contributed by atoms with Gasteiger partial charge in [0.05, 0.1) is 0 Å². The van der Waals surface area contributed by atoms with Crippen molar-refractivity contribution >= 4 is 23.8 Å². The minimum atomic E-state index is 0.249. The quantitative estimate of drug-likeness (QED) is 0.640. The fourth-order valence-corrected chi connectivity index (χ4v) is 1.05. The van der Waals surface area contributed by atoms with Crippen LogP contribution in [0.25, 0.3) is 0 Å². The van der Waals surface area contributed by atoms with E-state index in [1.54, 1.807) is 19.0 Å². The molecule has 0 N–H and O–H groups in total. The molecule has 0 unspecified atom stereocenters. The Morgan fingerprint density at radius 1 is 1.64 bits per heavy atom. The van der Waals surface area contributed by atoms with E-state index in [1.807, 2.05) is 0 Å². The molecule has 0 aliphatic rings. The van der Waals surface area contributed by atoms with Crippen LogP contribution in [-0.4, -0.2) is 20.4 Å². The Kier molecular flexibility index (Phi) is 2.19. The Morgan fingerprint density at radius 3 is 2.55 bits per heavy atom. The van der Waals surface area contributed by atoms with Crippen molar-refractivity contribution in [3.8, 4) is 0 Å². The van der Waals surface area contributed by atoms with E-state index < -0.39 is 0 Å². The molecule has 1 aromatic rings. The lowest BCUT2D eigenvalue weighted by Gasteiger charge is -2.06. The molecule has 4 heteroatoms. The van der Waals surface area contributed by atoms with Gasteiger partial charge in [0, 0.05) is 20.2 Å². The van der Waals surface area contributed by atoms with Crippen molar-refractivity contribution in [1.82, 2.24) is 0 Å². The first-order valence-electron chi connectivity index (χ1n) is 3.07. The summed E-state index contributed by atoms with van der Waals surface area (Å²) >= 11 is 5.72. The van der Waals surface area contributed by atoms with E-state index in [9.17, 15) is 4.79 Å². The van der Waals surface area contributed by atoms with Crippen molar-refractivity contribution in [2.75, 3.05) is 19.0 Å². The summed E-state index contributed by atoms with van der Waals surface area (Å²) in [4.78, 5) is 11.9. The first-order chi connectivity index (χ1) is 5.15. The van der Waals surface area contributed by atoms with Gasteiger partial charge in [-0.15, -0.1) is 0 Å². The molecule has 0 bridgehead atoms. The van der Waals surface area contributed by atoms with Crippen molar-refractivity contribution in [3.05, 3.63) is 16.8 Å². The van der Waals surface area contributed by atoms with Gasteiger partial charge in [-0.05, 0) is 0 Å². The molecule has 0 fully saturated rings. The number of hydrogen-bond donors (Lipinski definition) is 0. The lowest BCUT2D eigenvalue weighted by Crippen LogP contribution is -2.07. The maximum absolute atomic E-state index is 10.2. The molecule has 1 heterocycles. The van der Waals surface area contributed by atoms with E-state index >= 15 is 0 Å². The minimum Gasteiger partial charge on any atom is -0.436 e. The molecule has 0 radical (unpaired) electrons. The average Bonchev–Trinajstić information content (AvgIpc) is 2.30. The summed E-state index contributed by atoms with van der Waals surface area (Å²) in [5.74, 6) is 0.757. The molecule has 3 nitrogen and oxygen atoms in total. The molecule has 0 aliphatic carbocycles. The third-order valence-electron chi connectivity index (χ3n) is 1.21. The van der Waals surface area contributed by atoms with Crippen LogP contribution >= 0.6 is 11.6 Å². The van der Waals surface area contributed by atoms with Crippen molar-refractivity contribution in [1.29, 1.82) is 0 Å².